The number of likely N-dealkylation sites (N-methyl/N-ethyl adjacent to an activating group) is 1. The minimum Gasteiger partial charge on any atom is -0.506 e. The lowest BCUT2D eigenvalue weighted by Gasteiger charge is -2.02. The molecule has 76 valence electrons. The average Bonchev–Trinajstić information content (AvgIpc) is 2.14. The molecule has 0 heterocycles. The van der Waals surface area contributed by atoms with Gasteiger partial charge in [0, 0.05) is 6.54 Å². The molecular weight excluding hydrogens is 310 g/mol. The molecule has 0 fully saturated rings. The van der Waals surface area contributed by atoms with Crippen LogP contribution < -0.4 is 5.32 Å². The Morgan fingerprint density at radius 3 is 2.43 bits per heavy atom. The van der Waals surface area contributed by atoms with Crippen molar-refractivity contribution >= 4 is 37.9 Å². The van der Waals surface area contributed by atoms with Crippen LogP contribution in [0.25, 0.3) is 6.08 Å². The Morgan fingerprint density at radius 2 is 1.93 bits per heavy atom. The standard InChI is InChI=1S/C10H11Br2NO/c1-13-4-2-3-7-5-8(11)10(14)9(12)6-7/h2-3,5-6,13-14H,4H2,1H3. The predicted octanol–water partition coefficient (Wildman–Crippen LogP) is 3.15. The van der Waals surface area contributed by atoms with Crippen molar-refractivity contribution in [3.05, 3.63) is 32.7 Å². The fourth-order valence-corrected chi connectivity index (χ4v) is 2.22. The third-order valence-electron chi connectivity index (χ3n) is 1.67. The highest BCUT2D eigenvalue weighted by atomic mass is 79.9. The van der Waals surface area contributed by atoms with Gasteiger partial charge in [-0.3, -0.25) is 0 Å². The highest BCUT2D eigenvalue weighted by molar-refractivity contribution is 9.11. The van der Waals surface area contributed by atoms with E-state index in [4.69, 9.17) is 0 Å². The van der Waals surface area contributed by atoms with E-state index in [2.05, 4.69) is 37.2 Å². The zero-order valence-electron chi connectivity index (χ0n) is 7.72. The lowest BCUT2D eigenvalue weighted by molar-refractivity contribution is 0.468. The van der Waals surface area contributed by atoms with Gasteiger partial charge in [0.1, 0.15) is 5.75 Å². The molecule has 1 aromatic carbocycles. The maximum Gasteiger partial charge on any atom is 0.143 e. The lowest BCUT2D eigenvalue weighted by atomic mass is 10.2. The fourth-order valence-electron chi connectivity index (χ4n) is 0.994. The molecule has 0 radical (unpaired) electrons. The molecule has 0 aromatic heterocycles. The van der Waals surface area contributed by atoms with E-state index in [1.54, 1.807) is 0 Å². The monoisotopic (exact) mass is 319 g/mol. The van der Waals surface area contributed by atoms with Crippen LogP contribution in [0.3, 0.4) is 0 Å². The number of benzene rings is 1. The summed E-state index contributed by atoms with van der Waals surface area (Å²) in [6.45, 7) is 0.829. The van der Waals surface area contributed by atoms with E-state index in [0.717, 1.165) is 12.1 Å². The van der Waals surface area contributed by atoms with Crippen LogP contribution in [0.5, 0.6) is 5.75 Å². The second-order valence-electron chi connectivity index (χ2n) is 2.79. The number of hydrogen-bond donors (Lipinski definition) is 2. The molecule has 1 aromatic rings. The molecule has 0 atom stereocenters. The summed E-state index contributed by atoms with van der Waals surface area (Å²) in [5, 5.41) is 12.5. The van der Waals surface area contributed by atoms with E-state index in [-0.39, 0.29) is 5.75 Å². The van der Waals surface area contributed by atoms with Gasteiger partial charge in [0.05, 0.1) is 8.95 Å². The predicted molar refractivity (Wildman–Crippen MR) is 66.5 cm³/mol. The summed E-state index contributed by atoms with van der Waals surface area (Å²) in [6.07, 6.45) is 4.01. The van der Waals surface area contributed by atoms with Gasteiger partial charge in [0.15, 0.2) is 0 Å². The highest BCUT2D eigenvalue weighted by Gasteiger charge is 2.03. The maximum absolute atomic E-state index is 9.47. The first-order chi connectivity index (χ1) is 6.65. The Labute approximate surface area is 100 Å². The number of phenolic OH excluding ortho intramolecular Hbond substituents is 1. The summed E-state index contributed by atoms with van der Waals surface area (Å²) in [5.41, 5.74) is 1.04. The lowest BCUT2D eigenvalue weighted by Crippen LogP contribution is -2.03. The molecule has 2 N–H and O–H groups in total. The largest absolute Gasteiger partial charge is 0.506 e. The van der Waals surface area contributed by atoms with E-state index >= 15 is 0 Å². The van der Waals surface area contributed by atoms with Crippen molar-refractivity contribution in [3.8, 4) is 5.75 Å². The molecule has 14 heavy (non-hydrogen) atoms. The Balaban J connectivity index is 2.89. The van der Waals surface area contributed by atoms with Gasteiger partial charge in [-0.1, -0.05) is 12.2 Å². The van der Waals surface area contributed by atoms with Gasteiger partial charge in [-0.25, -0.2) is 0 Å². The normalized spacial score (nSPS) is 11.1. The summed E-state index contributed by atoms with van der Waals surface area (Å²) in [6, 6.07) is 3.73. The van der Waals surface area contributed by atoms with Gasteiger partial charge in [-0.05, 0) is 56.6 Å². The average molecular weight is 321 g/mol. The number of hydrogen-bond acceptors (Lipinski definition) is 2. The minimum absolute atomic E-state index is 0.232. The van der Waals surface area contributed by atoms with Crippen molar-refractivity contribution in [2.24, 2.45) is 0 Å². The van der Waals surface area contributed by atoms with Crippen LogP contribution in [-0.4, -0.2) is 18.7 Å². The van der Waals surface area contributed by atoms with Crippen molar-refractivity contribution in [2.75, 3.05) is 13.6 Å². The number of halogens is 2. The van der Waals surface area contributed by atoms with Crippen molar-refractivity contribution in [1.29, 1.82) is 0 Å². The van der Waals surface area contributed by atoms with Crippen LogP contribution in [0.2, 0.25) is 0 Å². The van der Waals surface area contributed by atoms with Gasteiger partial charge >= 0.3 is 0 Å². The SMILES string of the molecule is CNCC=Cc1cc(Br)c(O)c(Br)c1. The summed E-state index contributed by atoms with van der Waals surface area (Å²) in [4.78, 5) is 0. The van der Waals surface area contributed by atoms with E-state index in [0.29, 0.717) is 8.95 Å². The van der Waals surface area contributed by atoms with Crippen molar-refractivity contribution in [3.63, 3.8) is 0 Å². The van der Waals surface area contributed by atoms with E-state index < -0.39 is 0 Å². The molecule has 2 nitrogen and oxygen atoms in total. The van der Waals surface area contributed by atoms with Crippen LogP contribution in [0.1, 0.15) is 5.56 Å². The molecule has 1 rings (SSSR count). The van der Waals surface area contributed by atoms with Crippen molar-refractivity contribution < 1.29 is 5.11 Å². The fraction of sp³-hybridized carbons (Fsp3) is 0.200. The summed E-state index contributed by atoms with van der Waals surface area (Å²) < 4.78 is 1.38. The zero-order valence-corrected chi connectivity index (χ0v) is 10.9. The van der Waals surface area contributed by atoms with Crippen molar-refractivity contribution in [2.45, 2.75) is 0 Å². The van der Waals surface area contributed by atoms with Gasteiger partial charge in [-0.2, -0.15) is 0 Å². The second kappa shape index (κ2) is 5.53. The van der Waals surface area contributed by atoms with E-state index in [9.17, 15) is 5.11 Å². The Hall–Kier alpha value is -0.320. The molecule has 0 bridgehead atoms. The number of nitrogens with one attached hydrogen (secondary N) is 1. The summed E-state index contributed by atoms with van der Waals surface area (Å²) in [7, 11) is 1.90. The van der Waals surface area contributed by atoms with Gasteiger partial charge in [-0.15, -0.1) is 0 Å². The molecular formula is C10H11Br2NO. The molecule has 0 aliphatic heterocycles. The minimum atomic E-state index is 0.232. The topological polar surface area (TPSA) is 32.3 Å². The summed E-state index contributed by atoms with van der Waals surface area (Å²) in [5.74, 6) is 0.232. The third-order valence-corrected chi connectivity index (χ3v) is 2.88. The number of aromatic hydroxyl groups is 1. The first-order valence-corrected chi connectivity index (χ1v) is 5.73. The second-order valence-corrected chi connectivity index (χ2v) is 4.50. The van der Waals surface area contributed by atoms with Gasteiger partial charge in [0.2, 0.25) is 0 Å². The van der Waals surface area contributed by atoms with Crippen LogP contribution in [0, 0.1) is 0 Å². The highest BCUT2D eigenvalue weighted by Crippen LogP contribution is 2.33. The molecule has 0 aliphatic rings. The van der Waals surface area contributed by atoms with Gasteiger partial charge < -0.3 is 10.4 Å². The molecule has 0 spiro atoms. The Bertz CT molecular complexity index is 327. The maximum atomic E-state index is 9.47. The Kier molecular flexibility index (Phi) is 4.65. The first kappa shape index (κ1) is 11.8. The third kappa shape index (κ3) is 3.12. The number of rotatable bonds is 3. The zero-order chi connectivity index (χ0) is 10.6. The summed E-state index contributed by atoms with van der Waals surface area (Å²) >= 11 is 6.55. The first-order valence-electron chi connectivity index (χ1n) is 4.14. The molecule has 0 saturated heterocycles. The molecule has 0 saturated carbocycles. The Morgan fingerprint density at radius 1 is 1.36 bits per heavy atom. The van der Waals surface area contributed by atoms with Gasteiger partial charge in [0.25, 0.3) is 0 Å². The van der Waals surface area contributed by atoms with E-state index in [1.807, 2.05) is 31.3 Å². The van der Waals surface area contributed by atoms with E-state index in [1.165, 1.54) is 0 Å². The van der Waals surface area contributed by atoms with Crippen LogP contribution in [0.15, 0.2) is 27.2 Å². The molecule has 4 heteroatoms. The quantitative estimate of drug-likeness (QED) is 0.896. The van der Waals surface area contributed by atoms with Crippen LogP contribution in [-0.2, 0) is 0 Å². The number of phenols is 1. The van der Waals surface area contributed by atoms with Crippen LogP contribution in [0.4, 0.5) is 0 Å². The molecule has 0 aliphatic carbocycles. The van der Waals surface area contributed by atoms with Crippen LogP contribution >= 0.6 is 31.9 Å². The smallest absolute Gasteiger partial charge is 0.143 e. The van der Waals surface area contributed by atoms with Crippen molar-refractivity contribution in [1.82, 2.24) is 5.32 Å². The molecule has 0 amide bonds. The molecule has 0 unspecified atom stereocenters.